The number of nitrogens with zero attached hydrogens (tertiary/aromatic N) is 7. The molecule has 3 heterocycles. The van der Waals surface area contributed by atoms with Gasteiger partial charge in [-0.15, -0.1) is 0 Å². The van der Waals surface area contributed by atoms with E-state index in [4.69, 9.17) is 43.7 Å². The lowest BCUT2D eigenvalue weighted by Gasteiger charge is -2.39. The quantitative estimate of drug-likeness (QED) is 0.0392. The second-order valence-corrected chi connectivity index (χ2v) is 18.8. The van der Waals surface area contributed by atoms with Gasteiger partial charge in [0.25, 0.3) is 14.4 Å². The SMILES string of the molecule is COc1ccc(C(OC[C@H]2O[C@@H](n3cnc4c(C(=O)N(c5ccccc5)c5ccccc5)nc(NC(N)=O)nc43)C[C@@H]2OP(OCCC#N)N(C(C)C)C(C)C)(c2ccccc2)c2ccc(OC)cc2)cc1. The highest BCUT2D eigenvalue weighted by Crippen LogP contribution is 2.51. The molecule has 1 fully saturated rings. The van der Waals surface area contributed by atoms with E-state index < -0.39 is 44.5 Å². The van der Waals surface area contributed by atoms with Gasteiger partial charge in [-0.25, -0.2) is 19.4 Å². The van der Waals surface area contributed by atoms with Gasteiger partial charge in [0.15, 0.2) is 11.3 Å². The van der Waals surface area contributed by atoms with Crippen LogP contribution in [0, 0.1) is 11.3 Å². The predicted octanol–water partition coefficient (Wildman–Crippen LogP) is 10.3. The van der Waals surface area contributed by atoms with Gasteiger partial charge in [0.05, 0.1) is 52.4 Å². The van der Waals surface area contributed by atoms with Gasteiger partial charge in [0.1, 0.15) is 34.9 Å². The summed E-state index contributed by atoms with van der Waals surface area (Å²) in [6, 6.07) is 45.1. The first-order valence-electron chi connectivity index (χ1n) is 23.6. The molecule has 1 unspecified atom stereocenters. The van der Waals surface area contributed by atoms with Gasteiger partial charge in [-0.05, 0) is 92.9 Å². The van der Waals surface area contributed by atoms with Crippen molar-refractivity contribution in [2.24, 2.45) is 5.73 Å². The number of benzene rings is 5. The van der Waals surface area contributed by atoms with Crippen molar-refractivity contribution in [1.29, 1.82) is 5.26 Å². The van der Waals surface area contributed by atoms with Crippen LogP contribution in [0.1, 0.15) is 73.9 Å². The molecule has 17 nitrogen and oxygen atoms in total. The Bertz CT molecular complexity index is 2850. The number of carbonyl (C=O) groups is 2. The number of urea groups is 1. The Labute approximate surface area is 420 Å². The smallest absolute Gasteiger partial charge is 0.319 e. The van der Waals surface area contributed by atoms with E-state index in [1.165, 1.54) is 11.2 Å². The average Bonchev–Trinajstić information content (AvgIpc) is 4.01. The van der Waals surface area contributed by atoms with Gasteiger partial charge in [0.2, 0.25) is 5.95 Å². The van der Waals surface area contributed by atoms with E-state index in [-0.39, 0.29) is 60.9 Å². The monoisotopic (exact) mass is 991 g/mol. The fraction of sp³-hybridized carbons (Fsp3) is 0.296. The molecule has 3 amide bonds. The molecule has 0 spiro atoms. The lowest BCUT2D eigenvalue weighted by atomic mass is 9.80. The molecule has 372 valence electrons. The molecule has 8 rings (SSSR count). The van der Waals surface area contributed by atoms with Crippen molar-refractivity contribution in [2.45, 2.75) is 76.7 Å². The summed E-state index contributed by atoms with van der Waals surface area (Å²) in [5.74, 6) is 0.615. The number of carbonyl (C=O) groups excluding carboxylic acids is 2. The van der Waals surface area contributed by atoms with Gasteiger partial charge in [-0.2, -0.15) is 10.2 Å². The first kappa shape index (κ1) is 51.1. The van der Waals surface area contributed by atoms with Crippen molar-refractivity contribution in [3.8, 4) is 17.6 Å². The molecule has 2 aromatic heterocycles. The van der Waals surface area contributed by atoms with Crippen LogP contribution in [0.3, 0.4) is 0 Å². The number of ether oxygens (including phenoxy) is 4. The van der Waals surface area contributed by atoms with Gasteiger partial charge in [-0.3, -0.25) is 19.6 Å². The number of imidazole rings is 1. The van der Waals surface area contributed by atoms with Crippen molar-refractivity contribution in [1.82, 2.24) is 24.2 Å². The average molecular weight is 992 g/mol. The van der Waals surface area contributed by atoms with E-state index in [2.05, 4.69) is 48.7 Å². The van der Waals surface area contributed by atoms with Crippen LogP contribution in [0.5, 0.6) is 11.5 Å². The number of nitrogens with two attached hydrogens (primary N) is 1. The van der Waals surface area contributed by atoms with Crippen molar-refractivity contribution in [3.05, 3.63) is 168 Å². The molecule has 1 aliphatic rings. The fourth-order valence-electron chi connectivity index (χ4n) is 8.91. The Kier molecular flexibility index (Phi) is 16.5. The number of amides is 3. The third-order valence-electron chi connectivity index (χ3n) is 12.1. The minimum Gasteiger partial charge on any atom is -0.497 e. The van der Waals surface area contributed by atoms with Crippen LogP contribution in [-0.4, -0.2) is 87.9 Å². The van der Waals surface area contributed by atoms with E-state index in [1.54, 1.807) is 18.8 Å². The summed E-state index contributed by atoms with van der Waals surface area (Å²) in [7, 11) is 1.48. The fourth-order valence-corrected chi connectivity index (χ4v) is 10.7. The maximum Gasteiger partial charge on any atom is 0.319 e. The molecule has 4 atom stereocenters. The molecule has 0 saturated carbocycles. The van der Waals surface area contributed by atoms with Crippen molar-refractivity contribution in [3.63, 3.8) is 0 Å². The minimum absolute atomic E-state index is 0.00894. The number of nitrogens with one attached hydrogen (secondary N) is 1. The van der Waals surface area contributed by atoms with Crippen LogP contribution in [0.2, 0.25) is 0 Å². The molecule has 1 aliphatic heterocycles. The number of hydrogen-bond donors (Lipinski definition) is 2. The Morgan fingerprint density at radius 2 is 1.36 bits per heavy atom. The molecular weight excluding hydrogens is 934 g/mol. The highest BCUT2D eigenvalue weighted by molar-refractivity contribution is 7.44. The lowest BCUT2D eigenvalue weighted by Crippen LogP contribution is -2.39. The van der Waals surface area contributed by atoms with Gasteiger partial charge in [-0.1, -0.05) is 91.0 Å². The molecule has 3 N–H and O–H groups in total. The van der Waals surface area contributed by atoms with Crippen molar-refractivity contribution in [2.75, 3.05) is 37.7 Å². The van der Waals surface area contributed by atoms with Crippen molar-refractivity contribution >= 4 is 49.0 Å². The molecule has 1 saturated heterocycles. The predicted molar refractivity (Wildman–Crippen MR) is 275 cm³/mol. The second-order valence-electron chi connectivity index (χ2n) is 17.4. The number of hydrogen-bond acceptors (Lipinski definition) is 13. The minimum atomic E-state index is -1.77. The van der Waals surface area contributed by atoms with Crippen LogP contribution in [0.15, 0.2) is 146 Å². The summed E-state index contributed by atoms with van der Waals surface area (Å²) in [6.45, 7) is 8.43. The number of anilines is 3. The molecule has 72 heavy (non-hydrogen) atoms. The van der Waals surface area contributed by atoms with Crippen LogP contribution < -0.4 is 25.4 Å². The topological polar surface area (TPSA) is 201 Å². The highest BCUT2D eigenvalue weighted by Gasteiger charge is 2.45. The summed E-state index contributed by atoms with van der Waals surface area (Å²) < 4.78 is 43.1. The molecule has 0 radical (unpaired) electrons. The first-order valence-corrected chi connectivity index (χ1v) is 24.7. The normalized spacial score (nSPS) is 16.2. The Morgan fingerprint density at radius 1 is 0.819 bits per heavy atom. The van der Waals surface area contributed by atoms with Crippen LogP contribution in [-0.2, 0) is 24.1 Å². The summed E-state index contributed by atoms with van der Waals surface area (Å²) in [5.41, 5.74) is 8.34. The van der Waals surface area contributed by atoms with E-state index >= 15 is 0 Å². The number of aromatic nitrogens is 4. The zero-order chi connectivity index (χ0) is 50.8. The van der Waals surface area contributed by atoms with E-state index in [9.17, 15) is 14.9 Å². The third-order valence-corrected chi connectivity index (χ3v) is 14.3. The molecule has 0 aliphatic carbocycles. The van der Waals surface area contributed by atoms with Crippen molar-refractivity contribution < 1.29 is 37.6 Å². The van der Waals surface area contributed by atoms with E-state index in [0.717, 1.165) is 16.7 Å². The summed E-state index contributed by atoms with van der Waals surface area (Å²) >= 11 is 0. The van der Waals surface area contributed by atoms with E-state index in [0.29, 0.717) is 22.9 Å². The largest absolute Gasteiger partial charge is 0.497 e. The Hall–Kier alpha value is -7.29. The number of nitriles is 1. The van der Waals surface area contributed by atoms with Gasteiger partial charge < -0.3 is 33.7 Å². The Balaban J connectivity index is 1.24. The highest BCUT2D eigenvalue weighted by atomic mass is 31.2. The number of para-hydroxylation sites is 2. The first-order chi connectivity index (χ1) is 34.9. The number of methoxy groups -OCH3 is 2. The number of rotatable bonds is 21. The van der Waals surface area contributed by atoms with Gasteiger partial charge in [0, 0.05) is 29.9 Å². The van der Waals surface area contributed by atoms with Crippen LogP contribution in [0.4, 0.5) is 22.1 Å². The molecular formula is C54H58N9O8P. The Morgan fingerprint density at radius 3 is 1.88 bits per heavy atom. The zero-order valence-corrected chi connectivity index (χ0v) is 41.9. The standard InChI is InChI=1S/C54H58N9O8P/c1-36(2)63(37(3)4)72(69-32-16-31-55)71-45-33-47(70-46(45)34-68-54(38-17-10-7-11-18-38,39-23-27-43(66-5)28-24-39)40-25-29-44(67-6)30-26-40)61-35-57-48-49(58-53(59-50(48)61)60-52(56)65)51(64)62(41-19-12-8-13-20-41)42-21-14-9-15-22-42/h7-15,17-30,35-37,45-47H,16,32-34H2,1-6H3,(H3,56,58,59,60,65)/t45-,46+,47+,72?/m0/s1. The van der Waals surface area contributed by atoms with Crippen LogP contribution >= 0.6 is 8.53 Å². The summed E-state index contributed by atoms with van der Waals surface area (Å²) in [5, 5.41) is 12.0. The van der Waals surface area contributed by atoms with Gasteiger partial charge >= 0.3 is 6.03 Å². The van der Waals surface area contributed by atoms with E-state index in [1.807, 2.05) is 140 Å². The lowest BCUT2D eigenvalue weighted by molar-refractivity contribution is -0.0912. The molecule has 5 aromatic carbocycles. The maximum atomic E-state index is 15.0. The molecule has 7 aromatic rings. The summed E-state index contributed by atoms with van der Waals surface area (Å²) in [6.07, 6.45) is -0.327. The molecule has 18 heteroatoms. The summed E-state index contributed by atoms with van der Waals surface area (Å²) in [4.78, 5) is 42.9. The number of primary amides is 1. The third kappa shape index (κ3) is 11.1. The maximum absolute atomic E-state index is 15.0. The van der Waals surface area contributed by atoms with Crippen LogP contribution in [0.25, 0.3) is 11.2 Å². The number of fused-ring (bicyclic) bond motifs is 1. The second kappa shape index (κ2) is 23.3. The molecule has 0 bridgehead atoms. The zero-order valence-electron chi connectivity index (χ0n) is 41.0.